The van der Waals surface area contributed by atoms with Gasteiger partial charge in [0.05, 0.1) is 24.6 Å². The lowest BCUT2D eigenvalue weighted by Crippen LogP contribution is -2.29. The molecule has 28 heavy (non-hydrogen) atoms. The van der Waals surface area contributed by atoms with Crippen molar-refractivity contribution in [2.45, 2.75) is 24.5 Å². The number of methoxy groups -OCH3 is 1. The third kappa shape index (κ3) is 4.85. The normalized spacial score (nSPS) is 11.8. The van der Waals surface area contributed by atoms with Crippen LogP contribution in [0.4, 0.5) is 0 Å². The zero-order valence-electron chi connectivity index (χ0n) is 15.6. The first-order valence-corrected chi connectivity index (χ1v) is 10.2. The topological polar surface area (TPSA) is 69.0 Å². The van der Waals surface area contributed by atoms with Crippen molar-refractivity contribution in [2.75, 3.05) is 12.9 Å². The van der Waals surface area contributed by atoms with Crippen LogP contribution in [0.1, 0.15) is 24.9 Å². The van der Waals surface area contributed by atoms with Crippen LogP contribution in [0.5, 0.6) is 5.75 Å². The number of para-hydroxylation sites is 2. The van der Waals surface area contributed by atoms with E-state index in [1.807, 2.05) is 60.0 Å². The maximum Gasteiger partial charge on any atom is 0.230 e. The van der Waals surface area contributed by atoms with Crippen LogP contribution in [0.3, 0.4) is 0 Å². The van der Waals surface area contributed by atoms with E-state index in [2.05, 4.69) is 15.5 Å². The fourth-order valence-electron chi connectivity index (χ4n) is 2.80. The molecule has 0 saturated heterocycles. The number of hydrogen-bond acceptors (Lipinski definition) is 5. The first-order valence-electron chi connectivity index (χ1n) is 8.83. The number of rotatable bonds is 8. The Hall–Kier alpha value is -2.51. The van der Waals surface area contributed by atoms with E-state index in [0.29, 0.717) is 15.9 Å². The summed E-state index contributed by atoms with van der Waals surface area (Å²) in [6, 6.07) is 15.1. The molecule has 146 valence electrons. The van der Waals surface area contributed by atoms with Gasteiger partial charge in [-0.1, -0.05) is 54.6 Å². The second-order valence-corrected chi connectivity index (χ2v) is 7.40. The van der Waals surface area contributed by atoms with Gasteiger partial charge in [0.2, 0.25) is 5.91 Å². The number of hydrogen-bond donors (Lipinski definition) is 1. The Morgan fingerprint density at radius 3 is 2.71 bits per heavy atom. The minimum atomic E-state index is -0.0682. The van der Waals surface area contributed by atoms with Crippen LogP contribution in [-0.4, -0.2) is 33.5 Å². The van der Waals surface area contributed by atoms with Crippen molar-refractivity contribution in [2.24, 2.45) is 0 Å². The van der Waals surface area contributed by atoms with Crippen LogP contribution < -0.4 is 10.1 Å². The molecule has 2 aromatic carbocycles. The Morgan fingerprint density at radius 2 is 2.00 bits per heavy atom. The quantitative estimate of drug-likeness (QED) is 0.555. The van der Waals surface area contributed by atoms with Gasteiger partial charge in [-0.3, -0.25) is 9.36 Å². The summed E-state index contributed by atoms with van der Waals surface area (Å²) in [5.74, 6) is 0.876. The highest BCUT2D eigenvalue weighted by Gasteiger charge is 2.16. The molecule has 0 aliphatic carbocycles. The Labute approximate surface area is 173 Å². The summed E-state index contributed by atoms with van der Waals surface area (Å²) < 4.78 is 7.21. The monoisotopic (exact) mass is 416 g/mol. The fourth-order valence-corrected chi connectivity index (χ4v) is 3.66. The number of nitrogens with one attached hydrogen (secondary N) is 1. The Bertz CT molecular complexity index is 930. The van der Waals surface area contributed by atoms with Crippen LogP contribution in [0.25, 0.3) is 5.69 Å². The van der Waals surface area contributed by atoms with Gasteiger partial charge in [-0.05, 0) is 36.2 Å². The molecule has 1 amide bonds. The van der Waals surface area contributed by atoms with Gasteiger partial charge in [0, 0.05) is 5.02 Å². The molecule has 1 N–H and O–H groups in total. The molecular weight excluding hydrogens is 396 g/mol. The number of thioether (sulfide) groups is 1. The number of amides is 1. The summed E-state index contributed by atoms with van der Waals surface area (Å²) in [4.78, 5) is 12.5. The predicted molar refractivity (Wildman–Crippen MR) is 111 cm³/mol. The van der Waals surface area contributed by atoms with Crippen LogP contribution in [0.15, 0.2) is 60.0 Å². The van der Waals surface area contributed by atoms with E-state index in [1.165, 1.54) is 11.8 Å². The second kappa shape index (κ2) is 9.61. The summed E-state index contributed by atoms with van der Waals surface area (Å²) in [6.07, 6.45) is 2.40. The predicted octanol–water partition coefficient (Wildman–Crippen LogP) is 4.29. The van der Waals surface area contributed by atoms with Gasteiger partial charge in [-0.2, -0.15) is 0 Å². The van der Waals surface area contributed by atoms with E-state index < -0.39 is 0 Å². The number of carbonyl (C=O) groups is 1. The lowest BCUT2D eigenvalue weighted by Gasteiger charge is -2.17. The Morgan fingerprint density at radius 1 is 1.25 bits per heavy atom. The molecule has 1 heterocycles. The molecular formula is C20H21ClN4O2S. The van der Waals surface area contributed by atoms with Crippen molar-refractivity contribution >= 4 is 29.3 Å². The van der Waals surface area contributed by atoms with Gasteiger partial charge >= 0.3 is 0 Å². The number of halogens is 1. The molecule has 1 atom stereocenters. The molecule has 0 radical (unpaired) electrons. The zero-order chi connectivity index (χ0) is 19.9. The SMILES string of the molecule is CCC(NC(=O)CSc1nncn1-c1ccccc1OC)c1ccc(Cl)cc1. The van der Waals surface area contributed by atoms with Crippen molar-refractivity contribution < 1.29 is 9.53 Å². The van der Waals surface area contributed by atoms with Gasteiger partial charge in [0.15, 0.2) is 5.16 Å². The van der Waals surface area contributed by atoms with E-state index in [-0.39, 0.29) is 17.7 Å². The average Bonchev–Trinajstić information content (AvgIpc) is 3.19. The van der Waals surface area contributed by atoms with Crippen molar-refractivity contribution in [3.8, 4) is 11.4 Å². The second-order valence-electron chi connectivity index (χ2n) is 6.02. The smallest absolute Gasteiger partial charge is 0.230 e. The lowest BCUT2D eigenvalue weighted by molar-refractivity contribution is -0.119. The van der Waals surface area contributed by atoms with Crippen LogP contribution >= 0.6 is 23.4 Å². The number of benzene rings is 2. The van der Waals surface area contributed by atoms with Gasteiger partial charge in [-0.15, -0.1) is 10.2 Å². The first-order chi connectivity index (χ1) is 13.6. The highest BCUT2D eigenvalue weighted by atomic mass is 35.5. The minimum Gasteiger partial charge on any atom is -0.495 e. The molecule has 6 nitrogen and oxygen atoms in total. The van der Waals surface area contributed by atoms with Gasteiger partial charge in [0.25, 0.3) is 0 Å². The van der Waals surface area contributed by atoms with Crippen LogP contribution in [0.2, 0.25) is 5.02 Å². The summed E-state index contributed by atoms with van der Waals surface area (Å²) in [5.41, 5.74) is 1.85. The average molecular weight is 417 g/mol. The summed E-state index contributed by atoms with van der Waals surface area (Å²) >= 11 is 7.27. The van der Waals surface area contributed by atoms with Crippen molar-refractivity contribution in [1.29, 1.82) is 0 Å². The maximum atomic E-state index is 12.5. The molecule has 0 bridgehead atoms. The number of aromatic nitrogens is 3. The Balaban J connectivity index is 1.65. The van der Waals surface area contributed by atoms with Crippen molar-refractivity contribution in [3.63, 3.8) is 0 Å². The number of ether oxygens (including phenoxy) is 1. The van der Waals surface area contributed by atoms with Crippen LogP contribution in [0, 0.1) is 0 Å². The zero-order valence-corrected chi connectivity index (χ0v) is 17.2. The summed E-state index contributed by atoms with van der Waals surface area (Å²) in [6.45, 7) is 2.03. The standard InChI is InChI=1S/C20H21ClN4O2S/c1-3-16(14-8-10-15(21)11-9-14)23-19(26)12-28-20-24-22-13-25(20)17-6-4-5-7-18(17)27-2/h4-11,13,16H,3,12H2,1-2H3,(H,23,26). The van der Waals surface area contributed by atoms with Gasteiger partial charge in [-0.25, -0.2) is 0 Å². The molecule has 1 unspecified atom stereocenters. The molecule has 0 aliphatic heterocycles. The molecule has 0 aliphatic rings. The minimum absolute atomic E-state index is 0.0579. The van der Waals surface area contributed by atoms with Gasteiger partial charge in [0.1, 0.15) is 12.1 Å². The first kappa shape index (κ1) is 20.2. The summed E-state index contributed by atoms with van der Waals surface area (Å²) in [7, 11) is 1.62. The van der Waals surface area contributed by atoms with E-state index in [1.54, 1.807) is 13.4 Å². The van der Waals surface area contributed by atoms with Crippen molar-refractivity contribution in [1.82, 2.24) is 20.1 Å². The largest absolute Gasteiger partial charge is 0.495 e. The lowest BCUT2D eigenvalue weighted by atomic mass is 10.0. The molecule has 3 aromatic rings. The van der Waals surface area contributed by atoms with E-state index in [9.17, 15) is 4.79 Å². The number of nitrogens with zero attached hydrogens (tertiary/aromatic N) is 3. The highest BCUT2D eigenvalue weighted by Crippen LogP contribution is 2.26. The van der Waals surface area contributed by atoms with Gasteiger partial charge < -0.3 is 10.1 Å². The highest BCUT2D eigenvalue weighted by molar-refractivity contribution is 7.99. The maximum absolute atomic E-state index is 12.5. The molecule has 0 saturated carbocycles. The van der Waals surface area contributed by atoms with E-state index in [4.69, 9.17) is 16.3 Å². The van der Waals surface area contributed by atoms with Crippen LogP contribution in [-0.2, 0) is 4.79 Å². The van der Waals surface area contributed by atoms with E-state index >= 15 is 0 Å². The molecule has 1 aromatic heterocycles. The molecule has 0 spiro atoms. The third-order valence-electron chi connectivity index (χ3n) is 4.21. The molecule has 3 rings (SSSR count). The molecule has 8 heteroatoms. The Kier molecular flexibility index (Phi) is 6.95. The number of carbonyl (C=O) groups excluding carboxylic acids is 1. The summed E-state index contributed by atoms with van der Waals surface area (Å²) in [5, 5.41) is 12.5. The third-order valence-corrected chi connectivity index (χ3v) is 5.40. The van der Waals surface area contributed by atoms with E-state index in [0.717, 1.165) is 17.7 Å². The van der Waals surface area contributed by atoms with Crippen molar-refractivity contribution in [3.05, 3.63) is 65.4 Å². The fraction of sp³-hybridized carbons (Fsp3) is 0.250. The molecule has 0 fully saturated rings.